The molecule has 0 unspecified atom stereocenters. The number of carbonyl (C=O) groups excluding carboxylic acids is 1. The Labute approximate surface area is 191 Å². The largest absolute Gasteiger partial charge is 0.441 e. The Morgan fingerprint density at radius 3 is 2.72 bits per heavy atom. The van der Waals surface area contributed by atoms with E-state index in [9.17, 15) is 9.18 Å². The standard InChI is InChI=1S/C22H25FN6O2.ClH/c1-27-13-11-24-20(27)28-15-22(31-21(28)30)9-6-16(7-10-22)14-25-19-8-12-29(26-19)18-5-3-2-4-17(18)23;/h2-5,8,11-13,16H,6-7,9-10,14-15H2,1H3,(H,25,26);1H. The Kier molecular flexibility index (Phi) is 6.10. The molecule has 8 nitrogen and oxygen atoms in total. The van der Waals surface area contributed by atoms with Crippen LogP contribution in [0.15, 0.2) is 48.9 Å². The summed E-state index contributed by atoms with van der Waals surface area (Å²) in [6, 6.07) is 8.42. The van der Waals surface area contributed by atoms with Gasteiger partial charge >= 0.3 is 6.09 Å². The van der Waals surface area contributed by atoms with Crippen molar-refractivity contribution in [1.29, 1.82) is 0 Å². The zero-order chi connectivity index (χ0) is 21.4. The van der Waals surface area contributed by atoms with Gasteiger partial charge in [0, 0.05) is 38.2 Å². The zero-order valence-electron chi connectivity index (χ0n) is 17.8. The average Bonchev–Trinajstić information content (AvgIpc) is 3.47. The molecule has 1 aliphatic carbocycles. The monoisotopic (exact) mass is 460 g/mol. The van der Waals surface area contributed by atoms with Gasteiger partial charge in [-0.1, -0.05) is 12.1 Å². The highest BCUT2D eigenvalue weighted by Crippen LogP contribution is 2.40. The molecule has 0 bridgehead atoms. The molecular formula is C22H26ClFN6O2. The van der Waals surface area contributed by atoms with Gasteiger partial charge in [-0.15, -0.1) is 12.4 Å². The van der Waals surface area contributed by atoms with Crippen molar-refractivity contribution >= 4 is 30.3 Å². The highest BCUT2D eigenvalue weighted by Gasteiger charge is 2.48. The second-order valence-electron chi connectivity index (χ2n) is 8.40. The lowest BCUT2D eigenvalue weighted by Gasteiger charge is -2.35. The van der Waals surface area contributed by atoms with Gasteiger partial charge in [0.15, 0.2) is 0 Å². The lowest BCUT2D eigenvalue weighted by molar-refractivity contribution is 0.0148. The topological polar surface area (TPSA) is 77.2 Å². The molecule has 10 heteroatoms. The van der Waals surface area contributed by atoms with Crippen LogP contribution in [0.2, 0.25) is 0 Å². The fraction of sp³-hybridized carbons (Fsp3) is 0.409. The summed E-state index contributed by atoms with van der Waals surface area (Å²) in [4.78, 5) is 18.3. The summed E-state index contributed by atoms with van der Waals surface area (Å²) in [5, 5.41) is 7.80. The van der Waals surface area contributed by atoms with Crippen LogP contribution in [-0.2, 0) is 11.8 Å². The Bertz CT molecular complexity index is 1090. The van der Waals surface area contributed by atoms with E-state index in [0.717, 1.165) is 38.0 Å². The summed E-state index contributed by atoms with van der Waals surface area (Å²) >= 11 is 0. The number of ether oxygens (including phenoxy) is 1. The molecule has 5 rings (SSSR count). The fourth-order valence-electron chi connectivity index (χ4n) is 4.50. The maximum absolute atomic E-state index is 13.9. The van der Waals surface area contributed by atoms with Crippen molar-refractivity contribution in [3.63, 3.8) is 0 Å². The zero-order valence-corrected chi connectivity index (χ0v) is 18.6. The minimum atomic E-state index is -0.425. The molecule has 0 radical (unpaired) electrons. The number of carbonyl (C=O) groups is 1. The highest BCUT2D eigenvalue weighted by molar-refractivity contribution is 5.88. The maximum Gasteiger partial charge on any atom is 0.417 e. The van der Waals surface area contributed by atoms with Crippen LogP contribution < -0.4 is 10.2 Å². The Hall–Kier alpha value is -3.07. The molecule has 2 aromatic heterocycles. The van der Waals surface area contributed by atoms with Crippen LogP contribution in [0.3, 0.4) is 0 Å². The third-order valence-electron chi connectivity index (χ3n) is 6.28. The van der Waals surface area contributed by atoms with Crippen LogP contribution in [0.4, 0.5) is 21.0 Å². The molecule has 1 spiro atoms. The van der Waals surface area contributed by atoms with Gasteiger partial charge in [-0.2, -0.15) is 5.10 Å². The molecule has 1 amide bonds. The number of para-hydroxylation sites is 1. The first-order chi connectivity index (χ1) is 15.0. The number of aryl methyl sites for hydroxylation is 1. The predicted molar refractivity (Wildman–Crippen MR) is 121 cm³/mol. The SMILES string of the molecule is Cl.Cn1ccnc1N1CC2(CCC(CNc3ccn(-c4ccccc4F)n3)CC2)OC1=O. The molecule has 1 saturated carbocycles. The van der Waals surface area contributed by atoms with Gasteiger partial charge in [-0.3, -0.25) is 0 Å². The molecule has 170 valence electrons. The van der Waals surface area contributed by atoms with Crippen molar-refractivity contribution in [1.82, 2.24) is 19.3 Å². The number of hydrogen-bond acceptors (Lipinski definition) is 5. The van der Waals surface area contributed by atoms with Gasteiger partial charge in [0.25, 0.3) is 0 Å². The lowest BCUT2D eigenvalue weighted by atomic mass is 9.78. The van der Waals surface area contributed by atoms with Gasteiger partial charge in [0.2, 0.25) is 5.95 Å². The number of imidazole rings is 1. The van der Waals surface area contributed by atoms with Gasteiger partial charge in [0.1, 0.15) is 22.9 Å². The quantitative estimate of drug-likeness (QED) is 0.618. The Morgan fingerprint density at radius 2 is 2.00 bits per heavy atom. The van der Waals surface area contributed by atoms with Gasteiger partial charge < -0.3 is 14.6 Å². The van der Waals surface area contributed by atoms with Crippen LogP contribution >= 0.6 is 12.4 Å². The number of benzene rings is 1. The van der Waals surface area contributed by atoms with Crippen LogP contribution in [-0.4, -0.2) is 44.1 Å². The van der Waals surface area contributed by atoms with E-state index in [0.29, 0.717) is 24.1 Å². The van der Waals surface area contributed by atoms with Gasteiger partial charge in [-0.25, -0.2) is 23.8 Å². The van der Waals surface area contributed by atoms with Crippen molar-refractivity contribution in [2.24, 2.45) is 13.0 Å². The summed E-state index contributed by atoms with van der Waals surface area (Å²) in [7, 11) is 1.87. The predicted octanol–water partition coefficient (Wildman–Crippen LogP) is 4.16. The summed E-state index contributed by atoms with van der Waals surface area (Å²) in [5.74, 6) is 1.50. The van der Waals surface area contributed by atoms with E-state index in [1.165, 1.54) is 10.7 Å². The van der Waals surface area contributed by atoms with E-state index in [1.807, 2.05) is 23.9 Å². The van der Waals surface area contributed by atoms with Crippen LogP contribution in [0, 0.1) is 11.7 Å². The molecule has 1 N–H and O–H groups in total. The number of hydrogen-bond donors (Lipinski definition) is 1. The number of nitrogens with one attached hydrogen (secondary N) is 1. The fourth-order valence-corrected chi connectivity index (χ4v) is 4.50. The Balaban J connectivity index is 0.00000245. The van der Waals surface area contributed by atoms with Crippen LogP contribution in [0.25, 0.3) is 5.69 Å². The van der Waals surface area contributed by atoms with E-state index in [2.05, 4.69) is 15.4 Å². The molecular weight excluding hydrogens is 435 g/mol. The van der Waals surface area contributed by atoms with E-state index >= 15 is 0 Å². The molecule has 2 aliphatic rings. The van der Waals surface area contributed by atoms with Crippen LogP contribution in [0.1, 0.15) is 25.7 Å². The molecule has 2 fully saturated rings. The number of amides is 1. The second kappa shape index (κ2) is 8.82. The first kappa shape index (κ1) is 22.1. The van der Waals surface area contributed by atoms with E-state index < -0.39 is 5.60 Å². The van der Waals surface area contributed by atoms with Crippen molar-refractivity contribution in [2.75, 3.05) is 23.3 Å². The minimum Gasteiger partial charge on any atom is -0.441 e. The van der Waals surface area contributed by atoms with E-state index in [4.69, 9.17) is 4.74 Å². The van der Waals surface area contributed by atoms with E-state index in [1.54, 1.807) is 35.5 Å². The van der Waals surface area contributed by atoms with E-state index in [-0.39, 0.29) is 24.3 Å². The molecule has 0 atom stereocenters. The number of nitrogens with zero attached hydrogens (tertiary/aromatic N) is 5. The first-order valence-corrected chi connectivity index (χ1v) is 10.6. The third-order valence-corrected chi connectivity index (χ3v) is 6.28. The molecule has 3 aromatic rings. The number of rotatable bonds is 5. The minimum absolute atomic E-state index is 0. The van der Waals surface area contributed by atoms with Gasteiger partial charge in [-0.05, 0) is 43.7 Å². The first-order valence-electron chi connectivity index (χ1n) is 10.6. The van der Waals surface area contributed by atoms with Crippen molar-refractivity contribution in [3.05, 3.63) is 54.7 Å². The van der Waals surface area contributed by atoms with Crippen molar-refractivity contribution < 1.29 is 13.9 Å². The number of halogens is 2. The number of anilines is 2. The average molecular weight is 461 g/mol. The van der Waals surface area contributed by atoms with Crippen molar-refractivity contribution in [2.45, 2.75) is 31.3 Å². The number of aromatic nitrogens is 4. The molecule has 1 aliphatic heterocycles. The normalized spacial score (nSPS) is 22.6. The summed E-state index contributed by atoms with van der Waals surface area (Å²) in [5.41, 5.74) is 0.00171. The second-order valence-corrected chi connectivity index (χ2v) is 8.40. The van der Waals surface area contributed by atoms with Crippen LogP contribution in [0.5, 0.6) is 0 Å². The lowest BCUT2D eigenvalue weighted by Crippen LogP contribution is -2.40. The summed E-state index contributed by atoms with van der Waals surface area (Å²) in [6.07, 6.45) is 8.52. The smallest absolute Gasteiger partial charge is 0.417 e. The summed E-state index contributed by atoms with van der Waals surface area (Å²) in [6.45, 7) is 1.32. The summed E-state index contributed by atoms with van der Waals surface area (Å²) < 4.78 is 23.1. The maximum atomic E-state index is 13.9. The molecule has 3 heterocycles. The molecule has 32 heavy (non-hydrogen) atoms. The molecule has 1 aromatic carbocycles. The van der Waals surface area contributed by atoms with Gasteiger partial charge in [0.05, 0.1) is 6.54 Å². The third kappa shape index (κ3) is 4.17. The van der Waals surface area contributed by atoms with Crippen molar-refractivity contribution in [3.8, 4) is 5.69 Å². The Morgan fingerprint density at radius 1 is 1.22 bits per heavy atom. The highest BCUT2D eigenvalue weighted by atomic mass is 35.5. The molecule has 1 saturated heterocycles.